The van der Waals surface area contributed by atoms with E-state index in [9.17, 15) is 5.11 Å². The summed E-state index contributed by atoms with van der Waals surface area (Å²) in [6.07, 6.45) is 1.17. The Labute approximate surface area is 124 Å². The number of benzene rings is 1. The van der Waals surface area contributed by atoms with Gasteiger partial charge in [-0.15, -0.1) is 0 Å². The Kier molecular flexibility index (Phi) is 7.73. The topological polar surface area (TPSA) is 41.5 Å². The normalized spacial score (nSPS) is 14.4. The molecule has 1 rings (SSSR count). The molecule has 0 spiro atoms. The van der Waals surface area contributed by atoms with Crippen LogP contribution in [0.5, 0.6) is 0 Å². The standard InChI is InChI=1S/C14H21Cl2NO2/c1-3-14(17-7-6-11(18)9-19-2)10-4-5-12(15)13(16)8-10/h4-5,8,11,14,17-18H,3,6-7,9H2,1-2H3. The van der Waals surface area contributed by atoms with Crippen LogP contribution in [-0.4, -0.2) is 31.5 Å². The smallest absolute Gasteiger partial charge is 0.0785 e. The van der Waals surface area contributed by atoms with Crippen LogP contribution in [0.4, 0.5) is 0 Å². The fraction of sp³-hybridized carbons (Fsp3) is 0.571. The van der Waals surface area contributed by atoms with Gasteiger partial charge >= 0.3 is 0 Å². The number of methoxy groups -OCH3 is 1. The molecule has 19 heavy (non-hydrogen) atoms. The minimum atomic E-state index is -0.427. The summed E-state index contributed by atoms with van der Waals surface area (Å²) in [5, 5.41) is 14.1. The van der Waals surface area contributed by atoms with Gasteiger partial charge in [-0.2, -0.15) is 0 Å². The molecule has 108 valence electrons. The number of halogens is 2. The highest BCUT2D eigenvalue weighted by Gasteiger charge is 2.11. The lowest BCUT2D eigenvalue weighted by Gasteiger charge is -2.19. The van der Waals surface area contributed by atoms with Gasteiger partial charge in [-0.1, -0.05) is 36.2 Å². The van der Waals surface area contributed by atoms with Crippen molar-refractivity contribution < 1.29 is 9.84 Å². The number of aliphatic hydroxyl groups excluding tert-OH is 1. The number of hydrogen-bond acceptors (Lipinski definition) is 3. The van der Waals surface area contributed by atoms with Crippen LogP contribution in [0, 0.1) is 0 Å². The third kappa shape index (κ3) is 5.67. The Balaban J connectivity index is 2.51. The second-order valence-corrected chi connectivity index (χ2v) is 5.30. The van der Waals surface area contributed by atoms with Crippen LogP contribution in [0.25, 0.3) is 0 Å². The van der Waals surface area contributed by atoms with Crippen molar-refractivity contribution >= 4 is 23.2 Å². The summed E-state index contributed by atoms with van der Waals surface area (Å²) in [7, 11) is 1.58. The maximum Gasteiger partial charge on any atom is 0.0785 e. The van der Waals surface area contributed by atoms with Gasteiger partial charge in [0.1, 0.15) is 0 Å². The molecule has 5 heteroatoms. The van der Waals surface area contributed by atoms with E-state index in [2.05, 4.69) is 12.2 Å². The first-order chi connectivity index (χ1) is 9.08. The molecule has 2 unspecified atom stereocenters. The molecule has 0 saturated carbocycles. The van der Waals surface area contributed by atoms with E-state index in [-0.39, 0.29) is 6.04 Å². The van der Waals surface area contributed by atoms with Crippen LogP contribution in [0.1, 0.15) is 31.4 Å². The van der Waals surface area contributed by atoms with Crippen LogP contribution in [0.2, 0.25) is 10.0 Å². The summed E-state index contributed by atoms with van der Waals surface area (Å²) in [6.45, 7) is 3.19. The molecule has 2 atom stereocenters. The van der Waals surface area contributed by atoms with Crippen LogP contribution in [0.3, 0.4) is 0 Å². The first kappa shape index (κ1) is 16.7. The Morgan fingerprint density at radius 3 is 2.63 bits per heavy atom. The van der Waals surface area contributed by atoms with Crippen LogP contribution >= 0.6 is 23.2 Å². The Morgan fingerprint density at radius 2 is 2.05 bits per heavy atom. The van der Waals surface area contributed by atoms with Gasteiger partial charge in [-0.05, 0) is 37.1 Å². The van der Waals surface area contributed by atoms with Gasteiger partial charge < -0.3 is 15.2 Å². The van der Waals surface area contributed by atoms with Gasteiger partial charge in [0.2, 0.25) is 0 Å². The highest BCUT2D eigenvalue weighted by molar-refractivity contribution is 6.42. The van der Waals surface area contributed by atoms with Crippen LogP contribution < -0.4 is 5.32 Å². The van der Waals surface area contributed by atoms with Crippen molar-refractivity contribution in [2.75, 3.05) is 20.3 Å². The molecular formula is C14H21Cl2NO2. The van der Waals surface area contributed by atoms with E-state index in [0.29, 0.717) is 23.1 Å². The predicted molar refractivity (Wildman–Crippen MR) is 80.0 cm³/mol. The van der Waals surface area contributed by atoms with Crippen molar-refractivity contribution in [1.29, 1.82) is 0 Å². The molecule has 0 amide bonds. The molecular weight excluding hydrogens is 285 g/mol. The third-order valence-electron chi connectivity index (χ3n) is 2.98. The minimum Gasteiger partial charge on any atom is -0.391 e. The van der Waals surface area contributed by atoms with Crippen LogP contribution in [-0.2, 0) is 4.74 Å². The maximum atomic E-state index is 9.58. The van der Waals surface area contributed by atoms with E-state index < -0.39 is 6.10 Å². The molecule has 0 bridgehead atoms. The van der Waals surface area contributed by atoms with E-state index in [1.165, 1.54) is 0 Å². The maximum absolute atomic E-state index is 9.58. The predicted octanol–water partition coefficient (Wildman–Crippen LogP) is 3.43. The molecule has 0 aliphatic carbocycles. The van der Waals surface area contributed by atoms with Crippen molar-refractivity contribution in [3.8, 4) is 0 Å². The summed E-state index contributed by atoms with van der Waals surface area (Å²) < 4.78 is 4.89. The average molecular weight is 306 g/mol. The number of rotatable bonds is 8. The zero-order valence-electron chi connectivity index (χ0n) is 11.3. The number of ether oxygens (including phenoxy) is 1. The lowest BCUT2D eigenvalue weighted by Crippen LogP contribution is -2.26. The van der Waals surface area contributed by atoms with Gasteiger partial charge in [-0.25, -0.2) is 0 Å². The summed E-state index contributed by atoms with van der Waals surface area (Å²) in [6, 6.07) is 5.88. The Hall–Kier alpha value is -0.320. The van der Waals surface area contributed by atoms with Crippen molar-refractivity contribution in [1.82, 2.24) is 5.32 Å². The van der Waals surface area contributed by atoms with E-state index in [1.54, 1.807) is 7.11 Å². The van der Waals surface area contributed by atoms with Gasteiger partial charge in [-0.3, -0.25) is 0 Å². The minimum absolute atomic E-state index is 0.213. The lowest BCUT2D eigenvalue weighted by molar-refractivity contribution is 0.0589. The second kappa shape index (κ2) is 8.77. The third-order valence-corrected chi connectivity index (χ3v) is 3.72. The fourth-order valence-electron chi connectivity index (χ4n) is 1.93. The second-order valence-electron chi connectivity index (χ2n) is 4.49. The molecule has 0 heterocycles. The summed E-state index contributed by atoms with van der Waals surface area (Å²) in [5.74, 6) is 0. The molecule has 0 aliphatic rings. The highest BCUT2D eigenvalue weighted by atomic mass is 35.5. The molecule has 3 nitrogen and oxygen atoms in total. The van der Waals surface area contributed by atoms with E-state index in [0.717, 1.165) is 18.5 Å². The first-order valence-electron chi connectivity index (χ1n) is 6.43. The van der Waals surface area contributed by atoms with Crippen LogP contribution in [0.15, 0.2) is 18.2 Å². The number of nitrogens with one attached hydrogen (secondary N) is 1. The number of aliphatic hydroxyl groups is 1. The lowest BCUT2D eigenvalue weighted by atomic mass is 10.0. The zero-order chi connectivity index (χ0) is 14.3. The SMILES string of the molecule is CCC(NCCC(O)COC)c1ccc(Cl)c(Cl)c1. The molecule has 2 N–H and O–H groups in total. The van der Waals surface area contributed by atoms with E-state index in [4.69, 9.17) is 27.9 Å². The van der Waals surface area contributed by atoms with Crippen molar-refractivity contribution in [2.24, 2.45) is 0 Å². The molecule has 0 fully saturated rings. The van der Waals surface area contributed by atoms with Gasteiger partial charge in [0.05, 0.1) is 22.8 Å². The summed E-state index contributed by atoms with van der Waals surface area (Å²) in [5.41, 5.74) is 1.11. The highest BCUT2D eigenvalue weighted by Crippen LogP contribution is 2.26. The van der Waals surface area contributed by atoms with E-state index in [1.807, 2.05) is 18.2 Å². The van der Waals surface area contributed by atoms with Gasteiger partial charge in [0.25, 0.3) is 0 Å². The van der Waals surface area contributed by atoms with Gasteiger partial charge in [0.15, 0.2) is 0 Å². The molecule has 1 aromatic rings. The molecule has 1 aromatic carbocycles. The Bertz CT molecular complexity index is 388. The van der Waals surface area contributed by atoms with Crippen molar-refractivity contribution in [3.05, 3.63) is 33.8 Å². The molecule has 0 radical (unpaired) electrons. The van der Waals surface area contributed by atoms with Crippen molar-refractivity contribution in [3.63, 3.8) is 0 Å². The van der Waals surface area contributed by atoms with E-state index >= 15 is 0 Å². The Morgan fingerprint density at radius 1 is 1.32 bits per heavy atom. The zero-order valence-corrected chi connectivity index (χ0v) is 12.8. The average Bonchev–Trinajstić information content (AvgIpc) is 2.38. The number of hydrogen-bond donors (Lipinski definition) is 2. The monoisotopic (exact) mass is 305 g/mol. The largest absolute Gasteiger partial charge is 0.391 e. The quantitative estimate of drug-likeness (QED) is 0.773. The fourth-order valence-corrected chi connectivity index (χ4v) is 2.23. The molecule has 0 saturated heterocycles. The molecule has 0 aromatic heterocycles. The first-order valence-corrected chi connectivity index (χ1v) is 7.19. The summed E-state index contributed by atoms with van der Waals surface area (Å²) >= 11 is 11.9. The summed E-state index contributed by atoms with van der Waals surface area (Å²) in [4.78, 5) is 0. The molecule has 0 aliphatic heterocycles. The van der Waals surface area contributed by atoms with Gasteiger partial charge in [0, 0.05) is 13.2 Å². The van der Waals surface area contributed by atoms with Crippen molar-refractivity contribution in [2.45, 2.75) is 31.9 Å².